The SMILES string of the molecule is O=C1c2cccc(-n3c4cccc(-c5cncnc5)c4c4c(-c5cncnc5)cccc43)c2C(=O)N1c1ccccc1. The summed E-state index contributed by atoms with van der Waals surface area (Å²) in [5.41, 5.74) is 7.28. The van der Waals surface area contributed by atoms with Crippen molar-refractivity contribution in [2.45, 2.75) is 0 Å². The molecule has 0 fully saturated rings. The predicted molar refractivity (Wildman–Crippen MR) is 160 cm³/mol. The average molecular weight is 545 g/mol. The number of rotatable bonds is 4. The molecule has 7 aromatic rings. The molecule has 8 rings (SSSR count). The van der Waals surface area contributed by atoms with E-state index in [1.54, 1.807) is 43.0 Å². The highest BCUT2D eigenvalue weighted by atomic mass is 16.2. The number of nitrogens with zero attached hydrogens (tertiary/aromatic N) is 6. The molecule has 0 unspecified atom stereocenters. The van der Waals surface area contributed by atoms with Gasteiger partial charge in [-0.1, -0.05) is 48.5 Å². The lowest BCUT2D eigenvalue weighted by molar-refractivity contribution is 0.0926. The van der Waals surface area contributed by atoms with Gasteiger partial charge in [0.1, 0.15) is 12.7 Å². The highest BCUT2D eigenvalue weighted by Crippen LogP contribution is 2.44. The largest absolute Gasteiger partial charge is 0.308 e. The summed E-state index contributed by atoms with van der Waals surface area (Å²) in [6, 6.07) is 26.6. The third kappa shape index (κ3) is 3.42. The topological polar surface area (TPSA) is 93.9 Å². The van der Waals surface area contributed by atoms with Crippen molar-refractivity contribution in [3.05, 3.63) is 133 Å². The number of hydrogen-bond acceptors (Lipinski definition) is 6. The van der Waals surface area contributed by atoms with E-state index >= 15 is 0 Å². The van der Waals surface area contributed by atoms with E-state index in [0.717, 1.165) is 44.1 Å². The maximum absolute atomic E-state index is 14.0. The van der Waals surface area contributed by atoms with Crippen LogP contribution in [0, 0.1) is 0 Å². The molecule has 0 N–H and O–H groups in total. The summed E-state index contributed by atoms with van der Waals surface area (Å²) in [6.07, 6.45) is 10.2. The van der Waals surface area contributed by atoms with Gasteiger partial charge in [0.25, 0.3) is 11.8 Å². The first-order valence-corrected chi connectivity index (χ1v) is 13.4. The Labute approximate surface area is 239 Å². The minimum absolute atomic E-state index is 0.340. The summed E-state index contributed by atoms with van der Waals surface area (Å²) < 4.78 is 2.07. The fourth-order valence-electron chi connectivity index (χ4n) is 5.99. The van der Waals surface area contributed by atoms with E-state index < -0.39 is 0 Å². The van der Waals surface area contributed by atoms with Crippen molar-refractivity contribution in [2.75, 3.05) is 4.90 Å². The van der Waals surface area contributed by atoms with Crippen LogP contribution in [0.4, 0.5) is 5.69 Å². The zero-order chi connectivity index (χ0) is 28.2. The van der Waals surface area contributed by atoms with Gasteiger partial charge in [-0.25, -0.2) is 24.8 Å². The van der Waals surface area contributed by atoms with Crippen molar-refractivity contribution in [3.8, 4) is 27.9 Å². The molecule has 0 saturated heterocycles. The van der Waals surface area contributed by atoms with Crippen LogP contribution in [0.3, 0.4) is 0 Å². The fourth-order valence-corrected chi connectivity index (χ4v) is 5.99. The number of imide groups is 1. The molecule has 0 spiro atoms. The maximum Gasteiger partial charge on any atom is 0.268 e. The van der Waals surface area contributed by atoms with E-state index in [0.29, 0.717) is 22.5 Å². The molecule has 1 aliphatic rings. The van der Waals surface area contributed by atoms with Gasteiger partial charge < -0.3 is 4.57 Å². The normalized spacial score (nSPS) is 12.8. The third-order valence-corrected chi connectivity index (χ3v) is 7.71. The molecule has 3 aromatic heterocycles. The van der Waals surface area contributed by atoms with Crippen molar-refractivity contribution in [2.24, 2.45) is 0 Å². The number of para-hydroxylation sites is 1. The van der Waals surface area contributed by atoms with Gasteiger partial charge in [-0.05, 0) is 47.5 Å². The van der Waals surface area contributed by atoms with Crippen molar-refractivity contribution in [1.29, 1.82) is 0 Å². The second kappa shape index (κ2) is 9.28. The first-order chi connectivity index (χ1) is 20.7. The Morgan fingerprint density at radius 3 is 1.60 bits per heavy atom. The van der Waals surface area contributed by atoms with Gasteiger partial charge in [-0.15, -0.1) is 0 Å². The molecule has 0 aliphatic carbocycles. The predicted octanol–water partition coefficient (Wildman–Crippen LogP) is 6.50. The van der Waals surface area contributed by atoms with Crippen molar-refractivity contribution in [1.82, 2.24) is 24.5 Å². The summed E-state index contributed by atoms with van der Waals surface area (Å²) in [7, 11) is 0. The summed E-state index contributed by atoms with van der Waals surface area (Å²) in [4.78, 5) is 46.0. The molecule has 1 aliphatic heterocycles. The highest BCUT2D eigenvalue weighted by molar-refractivity contribution is 6.36. The van der Waals surface area contributed by atoms with E-state index in [-0.39, 0.29) is 11.8 Å². The van der Waals surface area contributed by atoms with Gasteiger partial charge in [-0.2, -0.15) is 0 Å². The average Bonchev–Trinajstić information content (AvgIpc) is 3.53. The van der Waals surface area contributed by atoms with Crippen LogP contribution in [-0.2, 0) is 0 Å². The Kier molecular flexibility index (Phi) is 5.26. The lowest BCUT2D eigenvalue weighted by Gasteiger charge is -2.14. The molecule has 0 radical (unpaired) electrons. The third-order valence-electron chi connectivity index (χ3n) is 7.71. The fraction of sp³-hybridized carbons (Fsp3) is 0. The smallest absolute Gasteiger partial charge is 0.268 e. The van der Waals surface area contributed by atoms with Crippen LogP contribution in [-0.4, -0.2) is 36.3 Å². The summed E-state index contributed by atoms with van der Waals surface area (Å²) in [5, 5.41) is 1.94. The zero-order valence-corrected chi connectivity index (χ0v) is 22.0. The Morgan fingerprint density at radius 2 is 1.02 bits per heavy atom. The van der Waals surface area contributed by atoms with Crippen LogP contribution in [0.15, 0.2) is 122 Å². The molecule has 4 aromatic carbocycles. The minimum atomic E-state index is -0.355. The molecule has 198 valence electrons. The Morgan fingerprint density at radius 1 is 0.500 bits per heavy atom. The van der Waals surface area contributed by atoms with Crippen LogP contribution < -0.4 is 4.90 Å². The Bertz CT molecular complexity index is 2080. The molecule has 8 nitrogen and oxygen atoms in total. The van der Waals surface area contributed by atoms with Gasteiger partial charge in [0, 0.05) is 46.7 Å². The maximum atomic E-state index is 14.0. The van der Waals surface area contributed by atoms with E-state index in [9.17, 15) is 9.59 Å². The number of aromatic nitrogens is 5. The van der Waals surface area contributed by atoms with Gasteiger partial charge in [0.05, 0.1) is 33.5 Å². The van der Waals surface area contributed by atoms with Gasteiger partial charge in [-0.3, -0.25) is 9.59 Å². The Hall–Kier alpha value is -6.02. The van der Waals surface area contributed by atoms with E-state index in [1.807, 2.05) is 66.7 Å². The first kappa shape index (κ1) is 23.8. The molecular weight excluding hydrogens is 524 g/mol. The second-order valence-electron chi connectivity index (χ2n) is 9.97. The highest BCUT2D eigenvalue weighted by Gasteiger charge is 2.39. The number of anilines is 1. The van der Waals surface area contributed by atoms with E-state index in [4.69, 9.17) is 0 Å². The molecule has 0 bridgehead atoms. The van der Waals surface area contributed by atoms with Gasteiger partial charge in [0.2, 0.25) is 0 Å². The molecule has 8 heteroatoms. The first-order valence-electron chi connectivity index (χ1n) is 13.4. The lowest BCUT2D eigenvalue weighted by Crippen LogP contribution is -2.29. The summed E-state index contributed by atoms with van der Waals surface area (Å²) in [5.74, 6) is -0.694. The van der Waals surface area contributed by atoms with E-state index in [2.05, 4.69) is 24.5 Å². The van der Waals surface area contributed by atoms with Crippen molar-refractivity contribution < 1.29 is 9.59 Å². The monoisotopic (exact) mass is 544 g/mol. The standard InChI is InChI=1S/C34H20N6O2/c41-33-26-11-6-14-29(32(26)34(42)39(33)23-7-2-1-3-8-23)40-27-12-4-9-24(21-15-35-19-36-16-21)30(27)31-25(10-5-13-28(31)40)22-17-37-20-38-18-22/h1-20H. The van der Waals surface area contributed by atoms with Crippen LogP contribution >= 0.6 is 0 Å². The molecule has 4 heterocycles. The quantitative estimate of drug-likeness (QED) is 0.235. The second-order valence-corrected chi connectivity index (χ2v) is 9.97. The van der Waals surface area contributed by atoms with Crippen LogP contribution in [0.5, 0.6) is 0 Å². The lowest BCUT2D eigenvalue weighted by atomic mass is 9.97. The zero-order valence-electron chi connectivity index (χ0n) is 22.0. The van der Waals surface area contributed by atoms with Crippen LogP contribution in [0.1, 0.15) is 20.7 Å². The number of hydrogen-bond donors (Lipinski definition) is 0. The minimum Gasteiger partial charge on any atom is -0.308 e. The van der Waals surface area contributed by atoms with Crippen LogP contribution in [0.25, 0.3) is 49.7 Å². The number of amides is 2. The number of benzene rings is 4. The molecule has 0 atom stereocenters. The number of carbonyl (C=O) groups excluding carboxylic acids is 2. The van der Waals surface area contributed by atoms with Crippen molar-refractivity contribution >= 4 is 39.3 Å². The summed E-state index contributed by atoms with van der Waals surface area (Å²) >= 11 is 0. The van der Waals surface area contributed by atoms with Crippen molar-refractivity contribution in [3.63, 3.8) is 0 Å². The molecule has 0 saturated carbocycles. The Balaban J connectivity index is 1.48. The van der Waals surface area contributed by atoms with Gasteiger partial charge in [0.15, 0.2) is 0 Å². The van der Waals surface area contributed by atoms with E-state index in [1.165, 1.54) is 17.6 Å². The number of carbonyl (C=O) groups is 2. The van der Waals surface area contributed by atoms with Gasteiger partial charge >= 0.3 is 0 Å². The number of fused-ring (bicyclic) bond motifs is 4. The molecule has 42 heavy (non-hydrogen) atoms. The summed E-state index contributed by atoms with van der Waals surface area (Å²) in [6.45, 7) is 0. The van der Waals surface area contributed by atoms with Crippen LogP contribution in [0.2, 0.25) is 0 Å². The molecular formula is C34H20N6O2. The molecule has 2 amide bonds.